The van der Waals surface area contributed by atoms with Gasteiger partial charge in [0.15, 0.2) is 6.23 Å². The fraction of sp³-hybridized carbons (Fsp3) is 0.800. The third kappa shape index (κ3) is 18.0. The molecule has 0 aromatic heterocycles. The van der Waals surface area contributed by atoms with Crippen LogP contribution in [0.25, 0.3) is 0 Å². The van der Waals surface area contributed by atoms with Crippen molar-refractivity contribution < 1.29 is 34.4 Å². The number of aliphatic hydroxyl groups excluding tert-OH is 3. The summed E-state index contributed by atoms with van der Waals surface area (Å²) in [6, 6.07) is 8.12. The SMILES string of the molecule is CCCCCCCCCCCCCCN(C(=O)CCCCCCCCCCC)[C@@H]1O[C@H](CO)[C@H](O)[C@H](O)[C@H]1NC(=O)OCc1ccccc1. The van der Waals surface area contributed by atoms with Crippen LogP contribution in [0.3, 0.4) is 0 Å². The van der Waals surface area contributed by atoms with Gasteiger partial charge in [-0.1, -0.05) is 166 Å². The minimum atomic E-state index is -1.47. The first kappa shape index (κ1) is 43.0. The van der Waals surface area contributed by atoms with Crippen LogP contribution in [0.15, 0.2) is 30.3 Å². The van der Waals surface area contributed by atoms with Crippen LogP contribution in [0.5, 0.6) is 0 Å². The molecule has 1 aliphatic rings. The molecule has 0 radical (unpaired) electrons. The van der Waals surface area contributed by atoms with E-state index in [1.807, 2.05) is 30.3 Å². The van der Waals surface area contributed by atoms with Gasteiger partial charge in [0.1, 0.15) is 31.0 Å². The van der Waals surface area contributed by atoms with Crippen molar-refractivity contribution in [2.75, 3.05) is 13.2 Å². The monoisotopic (exact) mass is 691 g/mol. The molecule has 1 aromatic carbocycles. The number of carbonyl (C=O) groups is 2. The van der Waals surface area contributed by atoms with E-state index in [1.165, 1.54) is 89.9 Å². The van der Waals surface area contributed by atoms with Crippen LogP contribution in [0, 0.1) is 0 Å². The summed E-state index contributed by atoms with van der Waals surface area (Å²) in [5.41, 5.74) is 0.805. The third-order valence-electron chi connectivity index (χ3n) is 9.77. The molecule has 5 atom stereocenters. The van der Waals surface area contributed by atoms with Crippen LogP contribution in [0.1, 0.15) is 161 Å². The number of amides is 2. The molecule has 1 heterocycles. The molecule has 0 unspecified atom stereocenters. The second-order valence-electron chi connectivity index (χ2n) is 14.0. The number of hydrogen-bond acceptors (Lipinski definition) is 7. The molecule has 1 aliphatic heterocycles. The summed E-state index contributed by atoms with van der Waals surface area (Å²) < 4.78 is 11.5. The Morgan fingerprint density at radius 1 is 0.714 bits per heavy atom. The van der Waals surface area contributed by atoms with E-state index in [-0.39, 0.29) is 12.5 Å². The summed E-state index contributed by atoms with van der Waals surface area (Å²) in [6.45, 7) is 4.37. The molecule has 1 saturated heterocycles. The number of nitrogens with zero attached hydrogens (tertiary/aromatic N) is 1. The number of hydrogen-bond donors (Lipinski definition) is 4. The van der Waals surface area contributed by atoms with Crippen molar-refractivity contribution in [1.29, 1.82) is 0 Å². The maximum atomic E-state index is 13.8. The number of nitrogens with one attached hydrogen (secondary N) is 1. The largest absolute Gasteiger partial charge is 0.445 e. The van der Waals surface area contributed by atoms with E-state index in [4.69, 9.17) is 9.47 Å². The lowest BCUT2D eigenvalue weighted by molar-refractivity contribution is -0.230. The summed E-state index contributed by atoms with van der Waals surface area (Å²) in [5, 5.41) is 34.5. The van der Waals surface area contributed by atoms with Gasteiger partial charge in [-0.2, -0.15) is 0 Å². The van der Waals surface area contributed by atoms with E-state index >= 15 is 0 Å². The molecule has 1 aromatic rings. The molecule has 282 valence electrons. The van der Waals surface area contributed by atoms with Crippen LogP contribution in [0.4, 0.5) is 4.79 Å². The Hall–Kier alpha value is -2.20. The normalized spacial score (nSPS) is 20.6. The first-order chi connectivity index (χ1) is 23.9. The molecular formula is C40H70N2O7. The minimum absolute atomic E-state index is 0.0307. The predicted octanol–water partition coefficient (Wildman–Crippen LogP) is 8.17. The summed E-state index contributed by atoms with van der Waals surface area (Å²) >= 11 is 0. The lowest BCUT2D eigenvalue weighted by Crippen LogP contribution is -2.68. The first-order valence-electron chi connectivity index (χ1n) is 19.8. The van der Waals surface area contributed by atoms with Crippen LogP contribution in [-0.4, -0.2) is 76.0 Å². The molecule has 0 saturated carbocycles. The Kier molecular flexibility index (Phi) is 24.1. The van der Waals surface area contributed by atoms with Crippen molar-refractivity contribution in [3.63, 3.8) is 0 Å². The van der Waals surface area contributed by atoms with E-state index in [9.17, 15) is 24.9 Å². The van der Waals surface area contributed by atoms with E-state index in [0.717, 1.165) is 50.5 Å². The van der Waals surface area contributed by atoms with Crippen LogP contribution in [0.2, 0.25) is 0 Å². The first-order valence-corrected chi connectivity index (χ1v) is 19.8. The summed E-state index contributed by atoms with van der Waals surface area (Å²) in [5.74, 6) is -0.110. The molecule has 9 nitrogen and oxygen atoms in total. The van der Waals surface area contributed by atoms with Crippen molar-refractivity contribution in [3.05, 3.63) is 35.9 Å². The smallest absolute Gasteiger partial charge is 0.407 e. The molecule has 49 heavy (non-hydrogen) atoms. The molecular weight excluding hydrogens is 620 g/mol. The zero-order chi connectivity index (χ0) is 35.5. The van der Waals surface area contributed by atoms with E-state index in [1.54, 1.807) is 4.90 Å². The maximum Gasteiger partial charge on any atom is 0.407 e. The van der Waals surface area contributed by atoms with Gasteiger partial charge >= 0.3 is 6.09 Å². The number of alkyl carbamates (subject to hydrolysis) is 1. The number of ether oxygens (including phenoxy) is 2. The Morgan fingerprint density at radius 2 is 1.20 bits per heavy atom. The Balaban J connectivity index is 1.99. The van der Waals surface area contributed by atoms with Gasteiger partial charge < -0.3 is 35.0 Å². The summed E-state index contributed by atoms with van der Waals surface area (Å²) in [6.07, 6.45) is 19.1. The van der Waals surface area contributed by atoms with Crippen molar-refractivity contribution >= 4 is 12.0 Å². The zero-order valence-corrected chi connectivity index (χ0v) is 30.9. The maximum absolute atomic E-state index is 13.8. The quantitative estimate of drug-likeness (QED) is 0.0653. The van der Waals surface area contributed by atoms with Crippen LogP contribution in [-0.2, 0) is 20.9 Å². The number of benzene rings is 1. The molecule has 0 aliphatic carbocycles. The fourth-order valence-corrected chi connectivity index (χ4v) is 6.67. The van der Waals surface area contributed by atoms with Crippen molar-refractivity contribution in [1.82, 2.24) is 10.2 Å². The van der Waals surface area contributed by atoms with Crippen molar-refractivity contribution in [2.45, 2.75) is 192 Å². The van der Waals surface area contributed by atoms with Gasteiger partial charge in [-0.05, 0) is 18.4 Å². The standard InChI is InChI=1S/C40H70N2O7/c1-3-5-7-9-11-13-14-15-17-19-21-26-30-42(35(44)29-25-20-18-16-12-10-8-6-4-2)39-36(38(46)37(45)34(31-43)49-39)41-40(47)48-32-33-27-23-22-24-28-33/h22-24,27-28,34,36-39,43,45-46H,3-21,25-26,29-32H2,1-2H3,(H,41,47)/t34-,36-,37+,38-,39-/m1/s1. The number of aliphatic hydroxyl groups is 3. The van der Waals surface area contributed by atoms with Gasteiger partial charge in [0.05, 0.1) is 6.61 Å². The number of rotatable bonds is 28. The topological polar surface area (TPSA) is 129 Å². The molecule has 1 fully saturated rings. The number of carbonyl (C=O) groups excluding carboxylic acids is 2. The third-order valence-corrected chi connectivity index (χ3v) is 9.77. The Bertz CT molecular complexity index is 965. The number of unbranched alkanes of at least 4 members (excludes halogenated alkanes) is 19. The lowest BCUT2D eigenvalue weighted by Gasteiger charge is -2.46. The van der Waals surface area contributed by atoms with Crippen LogP contribution >= 0.6 is 0 Å². The van der Waals surface area contributed by atoms with Gasteiger partial charge in [-0.15, -0.1) is 0 Å². The predicted molar refractivity (Wildman–Crippen MR) is 196 cm³/mol. The molecule has 2 amide bonds. The minimum Gasteiger partial charge on any atom is -0.445 e. The van der Waals surface area contributed by atoms with Gasteiger partial charge in [-0.3, -0.25) is 4.79 Å². The van der Waals surface area contributed by atoms with Gasteiger partial charge in [0.25, 0.3) is 0 Å². The molecule has 4 N–H and O–H groups in total. The van der Waals surface area contributed by atoms with Crippen molar-refractivity contribution in [3.8, 4) is 0 Å². The second-order valence-corrected chi connectivity index (χ2v) is 14.0. The molecule has 2 rings (SSSR count). The highest BCUT2D eigenvalue weighted by atomic mass is 16.6. The fourth-order valence-electron chi connectivity index (χ4n) is 6.67. The highest BCUT2D eigenvalue weighted by Crippen LogP contribution is 2.26. The summed E-state index contributed by atoms with van der Waals surface area (Å²) in [7, 11) is 0. The molecule has 0 spiro atoms. The zero-order valence-electron chi connectivity index (χ0n) is 30.9. The average Bonchev–Trinajstić information content (AvgIpc) is 3.11. The second kappa shape index (κ2) is 27.5. The summed E-state index contributed by atoms with van der Waals surface area (Å²) in [4.78, 5) is 28.3. The highest BCUT2D eigenvalue weighted by Gasteiger charge is 2.48. The lowest BCUT2D eigenvalue weighted by atomic mass is 9.95. The molecule has 0 bridgehead atoms. The Labute approximate surface area is 297 Å². The van der Waals surface area contributed by atoms with Crippen LogP contribution < -0.4 is 5.32 Å². The van der Waals surface area contributed by atoms with E-state index in [2.05, 4.69) is 19.2 Å². The van der Waals surface area contributed by atoms with Gasteiger partial charge in [0.2, 0.25) is 5.91 Å². The van der Waals surface area contributed by atoms with Crippen molar-refractivity contribution in [2.24, 2.45) is 0 Å². The molecule has 9 heteroatoms. The van der Waals surface area contributed by atoms with E-state index < -0.39 is 43.3 Å². The van der Waals surface area contributed by atoms with E-state index in [0.29, 0.717) is 13.0 Å². The highest BCUT2D eigenvalue weighted by molar-refractivity contribution is 5.76. The van der Waals surface area contributed by atoms with Gasteiger partial charge in [0, 0.05) is 13.0 Å². The van der Waals surface area contributed by atoms with Gasteiger partial charge in [-0.25, -0.2) is 4.79 Å². The average molecular weight is 691 g/mol. The Morgan fingerprint density at radius 3 is 1.71 bits per heavy atom.